The van der Waals surface area contributed by atoms with Crippen LogP contribution in [0.25, 0.3) is 22.8 Å². The fourth-order valence-corrected chi connectivity index (χ4v) is 4.94. The minimum atomic E-state index is -0.212. The van der Waals surface area contributed by atoms with Crippen LogP contribution in [0.15, 0.2) is 127 Å². The van der Waals surface area contributed by atoms with Crippen molar-refractivity contribution in [2.75, 3.05) is 4.90 Å². The Balaban J connectivity index is 1.52. The Morgan fingerprint density at radius 1 is 0.559 bits per heavy atom. The highest BCUT2D eigenvalue weighted by atomic mass is 16.2. The number of carbonyl (C=O) groups is 1. The first kappa shape index (κ1) is 20.2. The first-order valence-electron chi connectivity index (χ1n) is 11.5. The monoisotopic (exact) mass is 437 g/mol. The second kappa shape index (κ2) is 8.49. The van der Waals surface area contributed by atoms with Crippen molar-refractivity contribution in [1.82, 2.24) is 0 Å². The van der Waals surface area contributed by atoms with Crippen molar-refractivity contribution in [3.05, 3.63) is 150 Å². The average Bonchev–Trinajstić information content (AvgIpc) is 3.28. The van der Waals surface area contributed by atoms with Crippen LogP contribution in [0.1, 0.15) is 28.3 Å². The molecule has 2 nitrogen and oxygen atoms in total. The fraction of sp³-hybridized carbons (Fsp3) is 0.0312. The lowest BCUT2D eigenvalue weighted by Crippen LogP contribution is -2.32. The van der Waals surface area contributed by atoms with Gasteiger partial charge in [0.15, 0.2) is 0 Å². The van der Waals surface area contributed by atoms with Crippen LogP contribution in [0, 0.1) is 0 Å². The van der Waals surface area contributed by atoms with E-state index in [1.54, 1.807) is 0 Å². The van der Waals surface area contributed by atoms with Crippen molar-refractivity contribution < 1.29 is 4.79 Å². The van der Waals surface area contributed by atoms with Crippen molar-refractivity contribution >= 4 is 23.2 Å². The zero-order valence-corrected chi connectivity index (χ0v) is 18.6. The van der Waals surface area contributed by atoms with Gasteiger partial charge in [0.2, 0.25) is 0 Å². The summed E-state index contributed by atoms with van der Waals surface area (Å²) in [5.41, 5.74) is 8.18. The molecule has 0 saturated heterocycles. The van der Waals surface area contributed by atoms with Gasteiger partial charge in [0, 0.05) is 11.1 Å². The lowest BCUT2D eigenvalue weighted by molar-refractivity contribution is -0.113. The van der Waals surface area contributed by atoms with E-state index in [4.69, 9.17) is 0 Å². The smallest absolute Gasteiger partial charge is 0.259 e. The lowest BCUT2D eigenvalue weighted by Gasteiger charge is -2.29. The van der Waals surface area contributed by atoms with Crippen LogP contribution < -0.4 is 4.90 Å². The van der Waals surface area contributed by atoms with Crippen molar-refractivity contribution in [3.63, 3.8) is 0 Å². The normalized spacial score (nSPS) is 14.2. The molecule has 0 aromatic heterocycles. The zero-order valence-electron chi connectivity index (χ0n) is 18.6. The molecule has 3 aromatic rings. The second-order valence-corrected chi connectivity index (χ2v) is 8.54. The molecule has 0 radical (unpaired) electrons. The fourth-order valence-electron chi connectivity index (χ4n) is 4.94. The van der Waals surface area contributed by atoms with Gasteiger partial charge in [0.05, 0.1) is 11.7 Å². The van der Waals surface area contributed by atoms with Crippen LogP contribution in [0.5, 0.6) is 0 Å². The topological polar surface area (TPSA) is 20.3 Å². The number of amides is 1. The summed E-state index contributed by atoms with van der Waals surface area (Å²) in [7, 11) is 0. The molecule has 3 aromatic carbocycles. The SMILES string of the molecule is O=C1/C(=C\c2ccc3cccccc2-3)c2ccccc2N1C(c1ccccc1)c1ccccc1. The predicted molar refractivity (Wildman–Crippen MR) is 140 cm³/mol. The molecule has 0 bridgehead atoms. The van der Waals surface area contributed by atoms with Crippen LogP contribution in [0.4, 0.5) is 5.69 Å². The number of fused-ring (bicyclic) bond motifs is 2. The summed E-state index contributed by atoms with van der Waals surface area (Å²) in [6, 6.07) is 43.0. The highest BCUT2D eigenvalue weighted by Crippen LogP contribution is 2.45. The van der Waals surface area contributed by atoms with Crippen LogP contribution in [-0.4, -0.2) is 5.91 Å². The molecule has 2 aliphatic carbocycles. The van der Waals surface area contributed by atoms with Gasteiger partial charge in [-0.3, -0.25) is 9.69 Å². The summed E-state index contributed by atoms with van der Waals surface area (Å²) < 4.78 is 0. The maximum atomic E-state index is 14.1. The Morgan fingerprint density at radius 3 is 1.82 bits per heavy atom. The van der Waals surface area contributed by atoms with Gasteiger partial charge in [-0.2, -0.15) is 0 Å². The summed E-state index contributed by atoms with van der Waals surface area (Å²) in [5, 5.41) is 0. The van der Waals surface area contributed by atoms with Gasteiger partial charge in [-0.05, 0) is 40.0 Å². The highest BCUT2D eigenvalue weighted by molar-refractivity contribution is 6.36. The van der Waals surface area contributed by atoms with Crippen LogP contribution in [0.2, 0.25) is 0 Å². The van der Waals surface area contributed by atoms with E-state index >= 15 is 0 Å². The molecular formula is C32H23NO. The summed E-state index contributed by atoms with van der Waals surface area (Å²) in [4.78, 5) is 16.1. The summed E-state index contributed by atoms with van der Waals surface area (Å²) >= 11 is 0. The largest absolute Gasteiger partial charge is 0.296 e. The van der Waals surface area contributed by atoms with Gasteiger partial charge in [-0.15, -0.1) is 0 Å². The maximum Gasteiger partial charge on any atom is 0.259 e. The first-order valence-corrected chi connectivity index (χ1v) is 11.5. The third-order valence-corrected chi connectivity index (χ3v) is 6.52. The summed E-state index contributed by atoms with van der Waals surface area (Å²) in [6.45, 7) is 0. The molecule has 1 heterocycles. The lowest BCUT2D eigenvalue weighted by atomic mass is 9.97. The predicted octanol–water partition coefficient (Wildman–Crippen LogP) is 7.47. The summed E-state index contributed by atoms with van der Waals surface area (Å²) in [6.07, 6.45) is 2.05. The zero-order chi connectivity index (χ0) is 22.9. The van der Waals surface area contributed by atoms with Crippen LogP contribution in [-0.2, 0) is 4.79 Å². The molecule has 3 aliphatic rings. The molecule has 6 rings (SSSR count). The number of para-hydroxylation sites is 1. The molecular weight excluding hydrogens is 414 g/mol. The molecule has 34 heavy (non-hydrogen) atoms. The molecule has 0 fully saturated rings. The second-order valence-electron chi connectivity index (χ2n) is 8.54. The van der Waals surface area contributed by atoms with Crippen molar-refractivity contribution in [2.45, 2.75) is 6.04 Å². The van der Waals surface area contributed by atoms with Gasteiger partial charge < -0.3 is 0 Å². The number of carbonyl (C=O) groups excluding carboxylic acids is 1. The van der Waals surface area contributed by atoms with E-state index in [9.17, 15) is 4.79 Å². The third-order valence-electron chi connectivity index (χ3n) is 6.52. The van der Waals surface area contributed by atoms with E-state index in [1.807, 2.05) is 71.6 Å². The molecule has 2 heteroatoms. The Labute approximate surface area is 199 Å². The molecule has 1 amide bonds. The molecule has 0 unspecified atom stereocenters. The number of nitrogens with zero attached hydrogens (tertiary/aromatic N) is 1. The van der Waals surface area contributed by atoms with E-state index in [0.29, 0.717) is 0 Å². The number of benzene rings is 3. The standard InChI is InChI=1S/C32H23NO/c34-32-29(22-26-21-20-23-12-4-3-9-17-27(23)26)28-18-10-11-19-30(28)33(32)31(24-13-5-1-6-14-24)25-15-7-2-8-16-25/h1-22,31H/b29-22-. The molecule has 162 valence electrons. The minimum absolute atomic E-state index is 0.0218. The quantitative estimate of drug-likeness (QED) is 0.267. The van der Waals surface area contributed by atoms with Crippen LogP contribution >= 0.6 is 0 Å². The Kier molecular flexibility index (Phi) is 5.04. The Bertz CT molecular complexity index is 1430. The minimum Gasteiger partial charge on any atom is -0.296 e. The van der Waals surface area contributed by atoms with E-state index in [0.717, 1.165) is 39.1 Å². The van der Waals surface area contributed by atoms with Gasteiger partial charge in [-0.25, -0.2) is 0 Å². The maximum absolute atomic E-state index is 14.1. The van der Waals surface area contributed by atoms with Gasteiger partial charge >= 0.3 is 0 Å². The summed E-state index contributed by atoms with van der Waals surface area (Å²) in [5.74, 6) is 0.0218. The van der Waals surface area contributed by atoms with E-state index in [1.165, 1.54) is 5.56 Å². The van der Waals surface area contributed by atoms with Crippen molar-refractivity contribution in [3.8, 4) is 11.1 Å². The number of anilines is 1. The first-order chi connectivity index (χ1) is 16.8. The number of hydrogen-bond acceptors (Lipinski definition) is 1. The number of rotatable bonds is 4. The van der Waals surface area contributed by atoms with Crippen molar-refractivity contribution in [2.24, 2.45) is 0 Å². The van der Waals surface area contributed by atoms with E-state index in [-0.39, 0.29) is 11.9 Å². The third kappa shape index (κ3) is 3.41. The van der Waals surface area contributed by atoms with E-state index < -0.39 is 0 Å². The van der Waals surface area contributed by atoms with E-state index in [2.05, 4.69) is 66.7 Å². The molecule has 1 aliphatic heterocycles. The molecule has 0 saturated carbocycles. The molecule has 0 atom stereocenters. The molecule has 0 N–H and O–H groups in total. The van der Waals surface area contributed by atoms with Gasteiger partial charge in [-0.1, -0.05) is 121 Å². The van der Waals surface area contributed by atoms with Crippen molar-refractivity contribution in [1.29, 1.82) is 0 Å². The Morgan fingerprint density at radius 2 is 1.12 bits per heavy atom. The van der Waals surface area contributed by atoms with Crippen LogP contribution in [0.3, 0.4) is 0 Å². The van der Waals surface area contributed by atoms with Gasteiger partial charge in [0.1, 0.15) is 0 Å². The highest BCUT2D eigenvalue weighted by Gasteiger charge is 2.38. The van der Waals surface area contributed by atoms with Gasteiger partial charge in [0.25, 0.3) is 5.91 Å². The number of hydrogen-bond donors (Lipinski definition) is 0. The molecule has 0 spiro atoms. The Hall–Kier alpha value is -4.43. The average molecular weight is 438 g/mol.